The molecule has 2 aromatic carbocycles. The fourth-order valence-electron chi connectivity index (χ4n) is 3.61. The fourth-order valence-corrected chi connectivity index (χ4v) is 5.62. The van der Waals surface area contributed by atoms with Gasteiger partial charge < -0.3 is 20.3 Å². The molecule has 6 nitrogen and oxygen atoms in total. The first-order valence-electron chi connectivity index (χ1n) is 10.3. The van der Waals surface area contributed by atoms with Crippen molar-refractivity contribution < 1.29 is 14.6 Å². The van der Waals surface area contributed by atoms with Gasteiger partial charge in [-0.2, -0.15) is 0 Å². The lowest BCUT2D eigenvalue weighted by atomic mass is 9.91. The molecular formula is C23H27N3O3S2. The van der Waals surface area contributed by atoms with Gasteiger partial charge >= 0.3 is 0 Å². The van der Waals surface area contributed by atoms with Crippen LogP contribution >= 0.6 is 23.1 Å². The summed E-state index contributed by atoms with van der Waals surface area (Å²) in [4.78, 5) is 0. The maximum absolute atomic E-state index is 9.37. The maximum atomic E-state index is 9.37. The van der Waals surface area contributed by atoms with Gasteiger partial charge in [-0.25, -0.2) is 0 Å². The van der Waals surface area contributed by atoms with Gasteiger partial charge in [0.05, 0.1) is 18.8 Å². The van der Waals surface area contributed by atoms with Gasteiger partial charge in [-0.1, -0.05) is 78.6 Å². The number of ether oxygens (including phenoxy) is 2. The summed E-state index contributed by atoms with van der Waals surface area (Å²) in [7, 11) is 0. The summed E-state index contributed by atoms with van der Waals surface area (Å²) in [6.07, 6.45) is -0.612. The third-order valence-corrected chi connectivity index (χ3v) is 7.55. The van der Waals surface area contributed by atoms with E-state index in [1.165, 1.54) is 0 Å². The van der Waals surface area contributed by atoms with Crippen LogP contribution in [0.4, 0.5) is 0 Å². The van der Waals surface area contributed by atoms with Gasteiger partial charge in [0, 0.05) is 23.8 Å². The fraction of sp³-hybridized carbons (Fsp3) is 0.391. The Balaban J connectivity index is 1.57. The number of thioether (sulfide) groups is 1. The van der Waals surface area contributed by atoms with Crippen molar-refractivity contribution in [2.75, 3.05) is 5.75 Å². The zero-order chi connectivity index (χ0) is 21.8. The number of aromatic nitrogens is 2. The molecule has 1 aliphatic rings. The molecule has 1 fully saturated rings. The summed E-state index contributed by atoms with van der Waals surface area (Å²) >= 11 is 3.27. The Morgan fingerprint density at radius 1 is 1.00 bits per heavy atom. The molecule has 1 aliphatic heterocycles. The van der Waals surface area contributed by atoms with E-state index in [2.05, 4.69) is 17.1 Å². The number of aryl methyl sites for hydroxylation is 1. The zero-order valence-corrected chi connectivity index (χ0v) is 19.2. The van der Waals surface area contributed by atoms with Crippen LogP contribution < -0.4 is 5.73 Å². The molecule has 31 heavy (non-hydrogen) atoms. The number of aliphatic hydroxyl groups is 1. The maximum Gasteiger partial charge on any atom is 0.184 e. The molecule has 0 spiro atoms. The average molecular weight is 458 g/mol. The average Bonchev–Trinajstić information content (AvgIpc) is 3.23. The van der Waals surface area contributed by atoms with Gasteiger partial charge in [0.1, 0.15) is 5.01 Å². The number of aliphatic hydroxyl groups excluding tert-OH is 1. The van der Waals surface area contributed by atoms with Gasteiger partial charge in [0.2, 0.25) is 0 Å². The molecule has 1 aromatic heterocycles. The highest BCUT2D eigenvalue weighted by Gasteiger charge is 2.38. The van der Waals surface area contributed by atoms with E-state index in [1.807, 2.05) is 55.5 Å². The topological polar surface area (TPSA) is 90.5 Å². The minimum Gasteiger partial charge on any atom is -0.392 e. The highest BCUT2D eigenvalue weighted by Crippen LogP contribution is 2.43. The summed E-state index contributed by atoms with van der Waals surface area (Å²) < 4.78 is 13.8. The van der Waals surface area contributed by atoms with Crippen molar-refractivity contribution in [1.29, 1.82) is 0 Å². The third kappa shape index (κ3) is 5.34. The van der Waals surface area contributed by atoms with Crippen molar-refractivity contribution in [2.45, 2.75) is 49.8 Å². The smallest absolute Gasteiger partial charge is 0.184 e. The normalized spacial score (nSPS) is 23.7. The summed E-state index contributed by atoms with van der Waals surface area (Å²) in [5.74, 6) is 0.906. The molecule has 3 aromatic rings. The van der Waals surface area contributed by atoms with E-state index in [-0.39, 0.29) is 24.7 Å². The second-order valence-electron chi connectivity index (χ2n) is 7.67. The molecule has 0 bridgehead atoms. The Labute approximate surface area is 190 Å². The van der Waals surface area contributed by atoms with Gasteiger partial charge in [0.25, 0.3) is 0 Å². The Morgan fingerprint density at radius 3 is 2.29 bits per heavy atom. The zero-order valence-electron chi connectivity index (χ0n) is 17.6. The quantitative estimate of drug-likeness (QED) is 0.509. The van der Waals surface area contributed by atoms with E-state index in [1.54, 1.807) is 23.1 Å². The second kappa shape index (κ2) is 10.2. The van der Waals surface area contributed by atoms with E-state index in [9.17, 15) is 5.11 Å². The monoisotopic (exact) mass is 457 g/mol. The highest BCUT2D eigenvalue weighted by atomic mass is 32.2. The minimum atomic E-state index is -0.465. The predicted octanol–water partition coefficient (Wildman–Crippen LogP) is 4.38. The molecule has 4 atom stereocenters. The Kier molecular flexibility index (Phi) is 7.37. The Hall–Kier alpha value is -1.81. The number of rotatable bonds is 7. The molecule has 1 saturated heterocycles. The molecular weight excluding hydrogens is 430 g/mol. The van der Waals surface area contributed by atoms with Crippen LogP contribution in [0.1, 0.15) is 46.6 Å². The SMILES string of the molecule is Cc1nnc(SCC2OC(c3ccc(CN)cc3)OC(c3ccc(CO)cc3)C2C)s1. The molecule has 8 heteroatoms. The molecule has 0 radical (unpaired) electrons. The van der Waals surface area contributed by atoms with Crippen molar-refractivity contribution >= 4 is 23.1 Å². The molecule has 4 rings (SSSR count). The van der Waals surface area contributed by atoms with Gasteiger partial charge in [0.15, 0.2) is 10.6 Å². The lowest BCUT2D eigenvalue weighted by Crippen LogP contribution is -2.38. The van der Waals surface area contributed by atoms with Crippen LogP contribution in [0.5, 0.6) is 0 Å². The van der Waals surface area contributed by atoms with Crippen LogP contribution in [-0.4, -0.2) is 27.2 Å². The van der Waals surface area contributed by atoms with E-state index >= 15 is 0 Å². The van der Waals surface area contributed by atoms with Gasteiger partial charge in [-0.15, -0.1) is 10.2 Å². The summed E-state index contributed by atoms with van der Waals surface area (Å²) in [5.41, 5.74) is 9.76. The number of hydrogen-bond donors (Lipinski definition) is 2. The number of hydrogen-bond acceptors (Lipinski definition) is 8. The third-order valence-electron chi connectivity index (χ3n) is 5.49. The van der Waals surface area contributed by atoms with Gasteiger partial charge in [-0.3, -0.25) is 0 Å². The molecule has 4 unspecified atom stereocenters. The van der Waals surface area contributed by atoms with Crippen molar-refractivity contribution in [3.05, 3.63) is 75.8 Å². The summed E-state index contributed by atoms with van der Waals surface area (Å²) in [6, 6.07) is 16.0. The number of nitrogens with zero attached hydrogens (tertiary/aromatic N) is 2. The first kappa shape index (κ1) is 22.4. The van der Waals surface area contributed by atoms with Crippen LogP contribution in [-0.2, 0) is 22.6 Å². The minimum absolute atomic E-state index is 0.0235. The van der Waals surface area contributed by atoms with Crippen molar-refractivity contribution in [2.24, 2.45) is 11.7 Å². The van der Waals surface area contributed by atoms with Crippen LogP contribution in [0, 0.1) is 12.8 Å². The first-order valence-corrected chi connectivity index (χ1v) is 12.1. The molecule has 3 N–H and O–H groups in total. The highest BCUT2D eigenvalue weighted by molar-refractivity contribution is 8.01. The first-order chi connectivity index (χ1) is 15.1. The molecule has 0 amide bonds. The Bertz CT molecular complexity index is 978. The van der Waals surface area contributed by atoms with E-state index in [0.29, 0.717) is 6.54 Å². The molecule has 0 aliphatic carbocycles. The Morgan fingerprint density at radius 2 is 1.68 bits per heavy atom. The lowest BCUT2D eigenvalue weighted by Gasteiger charge is -2.41. The number of benzene rings is 2. The molecule has 0 saturated carbocycles. The van der Waals surface area contributed by atoms with Crippen molar-refractivity contribution in [3.8, 4) is 0 Å². The predicted molar refractivity (Wildman–Crippen MR) is 123 cm³/mol. The van der Waals surface area contributed by atoms with Crippen LogP contribution in [0.3, 0.4) is 0 Å². The molecule has 2 heterocycles. The van der Waals surface area contributed by atoms with E-state index in [4.69, 9.17) is 15.2 Å². The lowest BCUT2D eigenvalue weighted by molar-refractivity contribution is -0.268. The summed E-state index contributed by atoms with van der Waals surface area (Å²) in [6.45, 7) is 4.66. The van der Waals surface area contributed by atoms with E-state index in [0.717, 1.165) is 37.4 Å². The molecule has 164 valence electrons. The van der Waals surface area contributed by atoms with Crippen molar-refractivity contribution in [1.82, 2.24) is 10.2 Å². The largest absolute Gasteiger partial charge is 0.392 e. The second-order valence-corrected chi connectivity index (χ2v) is 10.1. The van der Waals surface area contributed by atoms with Crippen LogP contribution in [0.2, 0.25) is 0 Å². The van der Waals surface area contributed by atoms with E-state index < -0.39 is 6.29 Å². The van der Waals surface area contributed by atoms with Crippen LogP contribution in [0.15, 0.2) is 52.9 Å². The van der Waals surface area contributed by atoms with Gasteiger partial charge in [-0.05, 0) is 23.6 Å². The standard InChI is InChI=1S/C23H27N3O3S2/c1-14-20(13-30-23-26-25-15(2)31-23)28-22(19-9-3-16(11-24)4-10-19)29-21(14)18-7-5-17(12-27)6-8-18/h3-10,14,20-22,27H,11-13,24H2,1-2H3. The van der Waals surface area contributed by atoms with Crippen LogP contribution in [0.25, 0.3) is 0 Å². The summed E-state index contributed by atoms with van der Waals surface area (Å²) in [5, 5.41) is 18.7. The van der Waals surface area contributed by atoms with Crippen molar-refractivity contribution in [3.63, 3.8) is 0 Å². The number of nitrogens with two attached hydrogens (primary N) is 1.